The maximum absolute atomic E-state index is 12.2. The van der Waals surface area contributed by atoms with E-state index in [0.29, 0.717) is 17.2 Å². The average molecular weight is 248 g/mol. The molecule has 1 rings (SSSR count). The minimum atomic E-state index is -0.0681. The van der Waals surface area contributed by atoms with Gasteiger partial charge in [-0.15, -0.1) is 0 Å². The van der Waals surface area contributed by atoms with Gasteiger partial charge in [-0.1, -0.05) is 32.4 Å². The number of carbonyl (C=O) groups is 1. The summed E-state index contributed by atoms with van der Waals surface area (Å²) in [6, 6.07) is 5.71. The molecular formula is C15H24N2O. The molecule has 100 valence electrons. The van der Waals surface area contributed by atoms with E-state index in [0.717, 1.165) is 18.4 Å². The van der Waals surface area contributed by atoms with Crippen LogP contribution in [-0.2, 0) is 0 Å². The zero-order valence-electron chi connectivity index (χ0n) is 11.8. The standard InChI is InChI=1S/C15H24N2O/c1-5-10(2)9-12(4)17-15(18)14-11(3)7-6-8-13(14)16/h6-8,10,12H,5,9,16H2,1-4H3,(H,17,18). The van der Waals surface area contributed by atoms with Crippen molar-refractivity contribution in [1.82, 2.24) is 5.32 Å². The van der Waals surface area contributed by atoms with Gasteiger partial charge >= 0.3 is 0 Å². The molecule has 0 spiro atoms. The number of nitrogen functional groups attached to an aromatic ring is 1. The third kappa shape index (κ3) is 3.76. The van der Waals surface area contributed by atoms with Gasteiger partial charge in [0, 0.05) is 11.7 Å². The number of hydrogen-bond donors (Lipinski definition) is 2. The third-order valence-corrected chi connectivity index (χ3v) is 3.36. The molecule has 0 bridgehead atoms. The number of hydrogen-bond acceptors (Lipinski definition) is 2. The zero-order chi connectivity index (χ0) is 13.7. The van der Waals surface area contributed by atoms with Gasteiger partial charge in [0.2, 0.25) is 0 Å². The zero-order valence-corrected chi connectivity index (χ0v) is 11.8. The van der Waals surface area contributed by atoms with Crippen molar-refractivity contribution in [3.8, 4) is 0 Å². The molecule has 3 heteroatoms. The molecule has 3 N–H and O–H groups in total. The molecule has 0 fully saturated rings. The van der Waals surface area contributed by atoms with E-state index < -0.39 is 0 Å². The minimum Gasteiger partial charge on any atom is -0.398 e. The first-order chi connectivity index (χ1) is 8.45. The number of nitrogens with two attached hydrogens (primary N) is 1. The molecule has 0 aliphatic heterocycles. The van der Waals surface area contributed by atoms with Crippen LogP contribution >= 0.6 is 0 Å². The summed E-state index contributed by atoms with van der Waals surface area (Å²) >= 11 is 0. The summed E-state index contributed by atoms with van der Waals surface area (Å²) in [6.45, 7) is 8.31. The fourth-order valence-corrected chi connectivity index (χ4v) is 2.13. The normalized spacial score (nSPS) is 14.0. The summed E-state index contributed by atoms with van der Waals surface area (Å²) in [7, 11) is 0. The Balaban J connectivity index is 2.71. The Morgan fingerprint density at radius 1 is 1.39 bits per heavy atom. The number of amides is 1. The highest BCUT2D eigenvalue weighted by Gasteiger charge is 2.15. The van der Waals surface area contributed by atoms with Gasteiger partial charge in [0.1, 0.15) is 0 Å². The van der Waals surface area contributed by atoms with E-state index in [9.17, 15) is 4.79 Å². The van der Waals surface area contributed by atoms with Crippen molar-refractivity contribution >= 4 is 11.6 Å². The lowest BCUT2D eigenvalue weighted by molar-refractivity contribution is 0.0935. The van der Waals surface area contributed by atoms with E-state index in [1.54, 1.807) is 6.07 Å². The van der Waals surface area contributed by atoms with Crippen molar-refractivity contribution < 1.29 is 4.79 Å². The summed E-state index contributed by atoms with van der Waals surface area (Å²) < 4.78 is 0. The molecule has 2 atom stereocenters. The number of rotatable bonds is 5. The van der Waals surface area contributed by atoms with Crippen molar-refractivity contribution in [2.75, 3.05) is 5.73 Å². The smallest absolute Gasteiger partial charge is 0.253 e. The predicted molar refractivity (Wildman–Crippen MR) is 76.6 cm³/mol. The monoisotopic (exact) mass is 248 g/mol. The van der Waals surface area contributed by atoms with Crippen LogP contribution in [0.25, 0.3) is 0 Å². The first-order valence-electron chi connectivity index (χ1n) is 6.61. The van der Waals surface area contributed by atoms with Crippen LogP contribution in [0.5, 0.6) is 0 Å². The largest absolute Gasteiger partial charge is 0.398 e. The van der Waals surface area contributed by atoms with Crippen LogP contribution < -0.4 is 11.1 Å². The Kier molecular flexibility index (Phi) is 5.20. The Morgan fingerprint density at radius 2 is 2.06 bits per heavy atom. The maximum atomic E-state index is 12.2. The Hall–Kier alpha value is -1.51. The molecule has 2 unspecified atom stereocenters. The first kappa shape index (κ1) is 14.6. The first-order valence-corrected chi connectivity index (χ1v) is 6.61. The number of aryl methyl sites for hydroxylation is 1. The topological polar surface area (TPSA) is 55.1 Å². The van der Waals surface area contributed by atoms with E-state index in [1.165, 1.54) is 0 Å². The number of benzene rings is 1. The van der Waals surface area contributed by atoms with Gasteiger partial charge in [0.25, 0.3) is 5.91 Å². The molecule has 1 amide bonds. The van der Waals surface area contributed by atoms with Gasteiger partial charge in [-0.3, -0.25) is 4.79 Å². The Bertz CT molecular complexity index is 395. The van der Waals surface area contributed by atoms with Crippen LogP contribution in [0.3, 0.4) is 0 Å². The molecule has 3 nitrogen and oxygen atoms in total. The van der Waals surface area contributed by atoms with Crippen LogP contribution in [0.4, 0.5) is 5.69 Å². The number of carbonyl (C=O) groups excluding carboxylic acids is 1. The molecule has 0 saturated carbocycles. The molecular weight excluding hydrogens is 224 g/mol. The van der Waals surface area contributed by atoms with E-state index in [-0.39, 0.29) is 11.9 Å². The number of nitrogens with one attached hydrogen (secondary N) is 1. The maximum Gasteiger partial charge on any atom is 0.253 e. The van der Waals surface area contributed by atoms with E-state index in [2.05, 4.69) is 19.2 Å². The lowest BCUT2D eigenvalue weighted by Gasteiger charge is -2.18. The summed E-state index contributed by atoms with van der Waals surface area (Å²) in [5.41, 5.74) is 7.93. The molecule has 1 aromatic carbocycles. The molecule has 0 saturated heterocycles. The van der Waals surface area contributed by atoms with Gasteiger partial charge in [-0.25, -0.2) is 0 Å². The van der Waals surface area contributed by atoms with Crippen LogP contribution in [0, 0.1) is 12.8 Å². The number of anilines is 1. The quantitative estimate of drug-likeness (QED) is 0.787. The van der Waals surface area contributed by atoms with Crippen molar-refractivity contribution in [1.29, 1.82) is 0 Å². The van der Waals surface area contributed by atoms with Gasteiger partial charge < -0.3 is 11.1 Å². The molecule has 0 aliphatic rings. The van der Waals surface area contributed by atoms with Crippen molar-refractivity contribution in [3.63, 3.8) is 0 Å². The fraction of sp³-hybridized carbons (Fsp3) is 0.533. The van der Waals surface area contributed by atoms with Crippen molar-refractivity contribution in [2.24, 2.45) is 5.92 Å². The second-order valence-corrected chi connectivity index (χ2v) is 5.16. The van der Waals surface area contributed by atoms with Crippen LogP contribution in [0.15, 0.2) is 18.2 Å². The van der Waals surface area contributed by atoms with Crippen molar-refractivity contribution in [2.45, 2.75) is 46.6 Å². The van der Waals surface area contributed by atoms with Crippen LogP contribution in [0.2, 0.25) is 0 Å². The lowest BCUT2D eigenvalue weighted by atomic mass is 9.99. The Labute approximate surface area is 110 Å². The highest BCUT2D eigenvalue weighted by molar-refractivity contribution is 6.00. The molecule has 0 aliphatic carbocycles. The fourth-order valence-electron chi connectivity index (χ4n) is 2.13. The van der Waals surface area contributed by atoms with Crippen molar-refractivity contribution in [3.05, 3.63) is 29.3 Å². The van der Waals surface area contributed by atoms with Crippen LogP contribution in [0.1, 0.15) is 49.5 Å². The summed E-state index contributed by atoms with van der Waals surface area (Å²) in [5, 5.41) is 3.02. The summed E-state index contributed by atoms with van der Waals surface area (Å²) in [4.78, 5) is 12.2. The molecule has 0 radical (unpaired) electrons. The third-order valence-electron chi connectivity index (χ3n) is 3.36. The average Bonchev–Trinajstić information content (AvgIpc) is 2.28. The van der Waals surface area contributed by atoms with E-state index in [1.807, 2.05) is 26.0 Å². The Morgan fingerprint density at radius 3 is 2.61 bits per heavy atom. The van der Waals surface area contributed by atoms with Gasteiger partial charge in [-0.2, -0.15) is 0 Å². The molecule has 0 heterocycles. The summed E-state index contributed by atoms with van der Waals surface area (Å²) in [5.74, 6) is 0.552. The highest BCUT2D eigenvalue weighted by Crippen LogP contribution is 2.17. The molecule has 0 aromatic heterocycles. The SMILES string of the molecule is CCC(C)CC(C)NC(=O)c1c(C)cccc1N. The van der Waals surface area contributed by atoms with E-state index >= 15 is 0 Å². The van der Waals surface area contributed by atoms with Gasteiger partial charge in [0.05, 0.1) is 5.56 Å². The summed E-state index contributed by atoms with van der Waals surface area (Å²) in [6.07, 6.45) is 2.13. The highest BCUT2D eigenvalue weighted by atomic mass is 16.1. The molecule has 18 heavy (non-hydrogen) atoms. The second kappa shape index (κ2) is 6.43. The van der Waals surface area contributed by atoms with Crippen LogP contribution in [-0.4, -0.2) is 11.9 Å². The van der Waals surface area contributed by atoms with E-state index in [4.69, 9.17) is 5.73 Å². The molecule has 1 aromatic rings. The van der Waals surface area contributed by atoms with Gasteiger partial charge in [0.15, 0.2) is 0 Å². The predicted octanol–water partition coefficient (Wildman–Crippen LogP) is 3.13. The minimum absolute atomic E-state index is 0.0681. The van der Waals surface area contributed by atoms with Gasteiger partial charge in [-0.05, 0) is 37.8 Å². The second-order valence-electron chi connectivity index (χ2n) is 5.16. The lowest BCUT2D eigenvalue weighted by Crippen LogP contribution is -2.34.